The first kappa shape index (κ1) is 29.8. The monoisotopic (exact) mass is 588 g/mol. The molecule has 0 atom stereocenters. The molecule has 218 valence electrons. The van der Waals surface area contributed by atoms with Crippen LogP contribution in [0.4, 0.5) is 8.78 Å². The molecular formula is C29H30F2N2O7S. The minimum atomic E-state index is -3.81. The maximum absolute atomic E-state index is 14.6. The molecule has 41 heavy (non-hydrogen) atoms. The van der Waals surface area contributed by atoms with Gasteiger partial charge in [0.1, 0.15) is 35.5 Å². The first-order valence-electron chi connectivity index (χ1n) is 12.7. The molecule has 0 radical (unpaired) electrons. The Kier molecular flexibility index (Phi) is 9.11. The Bertz CT molecular complexity index is 1560. The van der Waals surface area contributed by atoms with Gasteiger partial charge in [0, 0.05) is 37.4 Å². The van der Waals surface area contributed by atoms with Gasteiger partial charge in [-0.3, -0.25) is 9.59 Å². The summed E-state index contributed by atoms with van der Waals surface area (Å²) < 4.78 is 70.8. The molecule has 1 fully saturated rings. The number of halogens is 2. The number of benzene rings is 3. The zero-order chi connectivity index (χ0) is 29.7. The summed E-state index contributed by atoms with van der Waals surface area (Å²) in [7, 11) is -0.564. The molecular weight excluding hydrogens is 558 g/mol. The first-order chi connectivity index (χ1) is 19.4. The molecule has 1 N–H and O–H groups in total. The Balaban J connectivity index is 1.53. The van der Waals surface area contributed by atoms with E-state index < -0.39 is 27.6 Å². The molecule has 12 heteroatoms. The van der Waals surface area contributed by atoms with Crippen LogP contribution in [0.2, 0.25) is 0 Å². The summed E-state index contributed by atoms with van der Waals surface area (Å²) in [5.74, 6) is -1.09. The Hall–Kier alpha value is -4.19. The molecule has 0 bridgehead atoms. The van der Waals surface area contributed by atoms with Crippen LogP contribution in [-0.2, 0) is 21.4 Å². The van der Waals surface area contributed by atoms with Gasteiger partial charge in [0.05, 0.1) is 12.9 Å². The highest BCUT2D eigenvalue weighted by Crippen LogP contribution is 2.35. The standard InChI is InChI=1S/C29H30F2N2O7S/c1-33(2)28(34)17-40-26-11-22(10-25(14-26)38-15-18-4-5-18)21-8-23(30)13-24(9-21)39-16-20-7-6-19(12-27(20)31)29(35)32-41(3,36)37/h6-14,18H,4-5,15-17H2,1-3H3,(H,32,35). The van der Waals surface area contributed by atoms with Crippen molar-refractivity contribution in [3.05, 3.63) is 77.4 Å². The third kappa shape index (κ3) is 8.90. The van der Waals surface area contributed by atoms with Crippen LogP contribution >= 0.6 is 0 Å². The third-order valence-electron chi connectivity index (χ3n) is 6.12. The Morgan fingerprint density at radius 1 is 0.902 bits per heavy atom. The van der Waals surface area contributed by atoms with Gasteiger partial charge in [0.25, 0.3) is 11.8 Å². The highest BCUT2D eigenvalue weighted by atomic mass is 32.2. The van der Waals surface area contributed by atoms with Gasteiger partial charge in [-0.15, -0.1) is 0 Å². The molecule has 0 aromatic heterocycles. The molecule has 1 saturated carbocycles. The maximum atomic E-state index is 14.6. The first-order valence-corrected chi connectivity index (χ1v) is 14.6. The van der Waals surface area contributed by atoms with Gasteiger partial charge >= 0.3 is 0 Å². The summed E-state index contributed by atoms with van der Waals surface area (Å²) in [6.45, 7) is 0.0713. The van der Waals surface area contributed by atoms with E-state index >= 15 is 0 Å². The highest BCUT2D eigenvalue weighted by molar-refractivity contribution is 7.89. The quantitative estimate of drug-likeness (QED) is 0.338. The second-order valence-electron chi connectivity index (χ2n) is 10.00. The van der Waals surface area contributed by atoms with E-state index in [9.17, 15) is 26.8 Å². The van der Waals surface area contributed by atoms with Crippen molar-refractivity contribution in [3.63, 3.8) is 0 Å². The summed E-state index contributed by atoms with van der Waals surface area (Å²) in [5.41, 5.74) is 0.888. The normalized spacial score (nSPS) is 12.9. The fourth-order valence-electron chi connectivity index (χ4n) is 3.68. The summed E-state index contributed by atoms with van der Waals surface area (Å²) in [6.07, 6.45) is 3.01. The number of rotatable bonds is 12. The van der Waals surface area contributed by atoms with Gasteiger partial charge < -0.3 is 19.1 Å². The molecule has 1 aliphatic carbocycles. The predicted octanol–water partition coefficient (Wildman–Crippen LogP) is 4.16. The second kappa shape index (κ2) is 12.5. The molecule has 4 rings (SSSR count). The van der Waals surface area contributed by atoms with Crippen molar-refractivity contribution in [2.24, 2.45) is 5.92 Å². The highest BCUT2D eigenvalue weighted by Gasteiger charge is 2.22. The minimum absolute atomic E-state index is 0.0726. The Morgan fingerprint density at radius 3 is 2.15 bits per heavy atom. The van der Waals surface area contributed by atoms with Crippen molar-refractivity contribution in [1.82, 2.24) is 9.62 Å². The lowest BCUT2D eigenvalue weighted by Crippen LogP contribution is -2.29. The summed E-state index contributed by atoms with van der Waals surface area (Å²) in [5, 5.41) is 0. The van der Waals surface area contributed by atoms with E-state index in [1.54, 1.807) is 43.1 Å². The van der Waals surface area contributed by atoms with E-state index in [-0.39, 0.29) is 36.0 Å². The van der Waals surface area contributed by atoms with Gasteiger partial charge in [-0.1, -0.05) is 6.07 Å². The van der Waals surface area contributed by atoms with Crippen LogP contribution in [0, 0.1) is 17.6 Å². The number of carbonyl (C=O) groups is 2. The number of carbonyl (C=O) groups excluding carboxylic acids is 2. The van der Waals surface area contributed by atoms with Crippen molar-refractivity contribution in [3.8, 4) is 28.4 Å². The van der Waals surface area contributed by atoms with E-state index in [1.807, 2.05) is 0 Å². The van der Waals surface area contributed by atoms with Crippen molar-refractivity contribution < 1.29 is 41.0 Å². The molecule has 3 aromatic carbocycles. The van der Waals surface area contributed by atoms with Crippen molar-refractivity contribution >= 4 is 21.8 Å². The average Bonchev–Trinajstić information content (AvgIpc) is 3.73. The number of hydrogen-bond donors (Lipinski definition) is 1. The fraction of sp³-hybridized carbons (Fsp3) is 0.310. The average molecular weight is 589 g/mol. The van der Waals surface area contributed by atoms with Crippen LogP contribution in [0.1, 0.15) is 28.8 Å². The van der Waals surface area contributed by atoms with Crippen LogP contribution in [0.15, 0.2) is 54.6 Å². The number of likely N-dealkylation sites (N-methyl/N-ethyl adjacent to an activating group) is 1. The molecule has 0 unspecified atom stereocenters. The molecule has 9 nitrogen and oxygen atoms in total. The topological polar surface area (TPSA) is 111 Å². The lowest BCUT2D eigenvalue weighted by atomic mass is 10.0. The van der Waals surface area contributed by atoms with Crippen LogP contribution in [-0.4, -0.2) is 58.7 Å². The molecule has 1 aliphatic rings. The van der Waals surface area contributed by atoms with Gasteiger partial charge in [-0.05, 0) is 66.3 Å². The van der Waals surface area contributed by atoms with E-state index in [2.05, 4.69) is 0 Å². The number of nitrogens with zero attached hydrogens (tertiary/aromatic N) is 1. The zero-order valence-electron chi connectivity index (χ0n) is 22.8. The van der Waals surface area contributed by atoms with Gasteiger partial charge in [0.2, 0.25) is 10.0 Å². The van der Waals surface area contributed by atoms with Crippen molar-refractivity contribution in [2.75, 3.05) is 33.6 Å². The largest absolute Gasteiger partial charge is 0.493 e. The Morgan fingerprint density at radius 2 is 1.54 bits per heavy atom. The summed E-state index contributed by atoms with van der Waals surface area (Å²) >= 11 is 0. The molecule has 3 aromatic rings. The molecule has 2 amide bonds. The van der Waals surface area contributed by atoms with Crippen molar-refractivity contribution in [1.29, 1.82) is 0 Å². The number of sulfonamides is 1. The second-order valence-corrected chi connectivity index (χ2v) is 11.7. The van der Waals surface area contributed by atoms with Crippen LogP contribution < -0.4 is 18.9 Å². The summed E-state index contributed by atoms with van der Waals surface area (Å²) in [4.78, 5) is 25.4. The minimum Gasteiger partial charge on any atom is -0.493 e. The predicted molar refractivity (Wildman–Crippen MR) is 147 cm³/mol. The van der Waals surface area contributed by atoms with E-state index in [1.165, 1.54) is 23.1 Å². The molecule has 0 aliphatic heterocycles. The maximum Gasteiger partial charge on any atom is 0.264 e. The van der Waals surface area contributed by atoms with Crippen LogP contribution in [0.25, 0.3) is 11.1 Å². The Labute approximate surface area is 237 Å². The number of amides is 2. The smallest absolute Gasteiger partial charge is 0.264 e. The molecule has 0 saturated heterocycles. The van der Waals surface area contributed by atoms with E-state index in [4.69, 9.17) is 14.2 Å². The fourth-order valence-corrected chi connectivity index (χ4v) is 4.14. The lowest BCUT2D eigenvalue weighted by Gasteiger charge is -2.15. The van der Waals surface area contributed by atoms with Gasteiger partial charge in [-0.25, -0.2) is 21.9 Å². The lowest BCUT2D eigenvalue weighted by molar-refractivity contribution is -0.130. The summed E-state index contributed by atoms with van der Waals surface area (Å²) in [6, 6.07) is 12.5. The number of ether oxygens (including phenoxy) is 3. The van der Waals surface area contributed by atoms with Gasteiger partial charge in [-0.2, -0.15) is 0 Å². The SMILES string of the molecule is CN(C)C(=O)COc1cc(OCC2CC2)cc(-c2cc(F)cc(OCc3ccc(C(=O)NS(C)(=O)=O)cc3F)c2)c1. The van der Waals surface area contributed by atoms with Gasteiger partial charge in [0.15, 0.2) is 6.61 Å². The molecule has 0 spiro atoms. The van der Waals surface area contributed by atoms with Crippen LogP contribution in [0.5, 0.6) is 17.2 Å². The van der Waals surface area contributed by atoms with E-state index in [0.717, 1.165) is 31.2 Å². The number of nitrogens with one attached hydrogen (secondary N) is 1. The van der Waals surface area contributed by atoms with E-state index in [0.29, 0.717) is 35.2 Å². The molecule has 0 heterocycles. The zero-order valence-corrected chi connectivity index (χ0v) is 23.6. The van der Waals surface area contributed by atoms with Crippen molar-refractivity contribution in [2.45, 2.75) is 19.4 Å². The third-order valence-corrected chi connectivity index (χ3v) is 6.67. The van der Waals surface area contributed by atoms with Crippen LogP contribution in [0.3, 0.4) is 0 Å². The number of hydrogen-bond acceptors (Lipinski definition) is 7.